The lowest BCUT2D eigenvalue weighted by Crippen LogP contribution is -2.21. The summed E-state index contributed by atoms with van der Waals surface area (Å²) in [5, 5.41) is 4.42. The van der Waals surface area contributed by atoms with Crippen LogP contribution in [0.3, 0.4) is 0 Å². The Kier molecular flexibility index (Phi) is 5.86. The summed E-state index contributed by atoms with van der Waals surface area (Å²) in [6, 6.07) is 0.446. The van der Waals surface area contributed by atoms with Crippen molar-refractivity contribution in [3.63, 3.8) is 0 Å². The van der Waals surface area contributed by atoms with Crippen LogP contribution in [0.2, 0.25) is 0 Å². The van der Waals surface area contributed by atoms with Crippen molar-refractivity contribution in [3.8, 4) is 0 Å². The number of hydrogen-bond acceptors (Lipinski definition) is 4. The van der Waals surface area contributed by atoms with Crippen molar-refractivity contribution in [3.05, 3.63) is 15.6 Å². The Morgan fingerprint density at radius 2 is 2.15 bits per heavy atom. The van der Waals surface area contributed by atoms with Crippen LogP contribution >= 0.6 is 11.3 Å². The summed E-state index contributed by atoms with van der Waals surface area (Å²) in [5.41, 5.74) is 1.21. The highest BCUT2D eigenvalue weighted by Gasteiger charge is 2.29. The topological polar surface area (TPSA) is 34.1 Å². The number of rotatable bonds is 9. The Morgan fingerprint density at radius 1 is 1.40 bits per heavy atom. The molecule has 1 N–H and O–H groups in total. The van der Waals surface area contributed by atoms with Gasteiger partial charge < -0.3 is 10.1 Å². The lowest BCUT2D eigenvalue weighted by molar-refractivity contribution is 0.0187. The van der Waals surface area contributed by atoms with E-state index in [-0.39, 0.29) is 0 Å². The highest BCUT2D eigenvalue weighted by molar-refractivity contribution is 7.11. The van der Waals surface area contributed by atoms with Gasteiger partial charge in [0.05, 0.1) is 17.3 Å². The van der Waals surface area contributed by atoms with E-state index in [4.69, 9.17) is 4.74 Å². The number of hydrogen-bond donors (Lipinski definition) is 1. The smallest absolute Gasteiger partial charge is 0.261 e. The molecule has 20 heavy (non-hydrogen) atoms. The zero-order chi connectivity index (χ0) is 14.5. The van der Waals surface area contributed by atoms with Crippen LogP contribution < -0.4 is 5.32 Å². The van der Waals surface area contributed by atoms with Gasteiger partial charge in [-0.2, -0.15) is 0 Å². The van der Waals surface area contributed by atoms with Gasteiger partial charge in [-0.25, -0.2) is 13.8 Å². The van der Waals surface area contributed by atoms with Crippen molar-refractivity contribution in [2.24, 2.45) is 0 Å². The first-order valence-electron chi connectivity index (χ1n) is 7.14. The minimum absolute atomic E-state index is 0.318. The van der Waals surface area contributed by atoms with E-state index in [9.17, 15) is 8.78 Å². The molecule has 1 fully saturated rings. The highest BCUT2D eigenvalue weighted by atomic mass is 32.1. The monoisotopic (exact) mass is 304 g/mol. The molecule has 1 aromatic heterocycles. The van der Waals surface area contributed by atoms with Gasteiger partial charge in [-0.3, -0.25) is 0 Å². The maximum Gasteiger partial charge on any atom is 0.261 e. The second kappa shape index (κ2) is 7.43. The van der Waals surface area contributed by atoms with Crippen molar-refractivity contribution in [2.75, 3.05) is 13.2 Å². The molecule has 1 aliphatic carbocycles. The van der Waals surface area contributed by atoms with E-state index in [1.807, 2.05) is 0 Å². The first kappa shape index (κ1) is 15.8. The van der Waals surface area contributed by atoms with Crippen LogP contribution in [0.5, 0.6) is 0 Å². The number of thiazole rings is 1. The Hall–Kier alpha value is -0.590. The van der Waals surface area contributed by atoms with Crippen molar-refractivity contribution >= 4 is 11.3 Å². The van der Waals surface area contributed by atoms with Crippen LogP contribution in [-0.4, -0.2) is 30.7 Å². The van der Waals surface area contributed by atoms with Crippen molar-refractivity contribution in [2.45, 2.75) is 58.0 Å². The van der Waals surface area contributed by atoms with Crippen LogP contribution in [0.25, 0.3) is 0 Å². The molecule has 0 atom stereocenters. The van der Waals surface area contributed by atoms with Crippen molar-refractivity contribution in [1.82, 2.24) is 10.3 Å². The van der Waals surface area contributed by atoms with E-state index in [0.29, 0.717) is 25.0 Å². The predicted octanol–water partition coefficient (Wildman–Crippen LogP) is 3.34. The summed E-state index contributed by atoms with van der Waals surface area (Å²) in [4.78, 5) is 5.97. The van der Waals surface area contributed by atoms with Crippen LogP contribution in [0.15, 0.2) is 0 Å². The normalized spacial score (nSPS) is 15.5. The summed E-state index contributed by atoms with van der Waals surface area (Å²) < 4.78 is 28.9. The largest absolute Gasteiger partial charge is 0.375 e. The Balaban J connectivity index is 1.87. The molecule has 1 aliphatic rings. The van der Waals surface area contributed by atoms with Crippen LogP contribution in [-0.2, 0) is 17.7 Å². The fraction of sp³-hybridized carbons (Fsp3) is 0.786. The van der Waals surface area contributed by atoms with Gasteiger partial charge >= 0.3 is 0 Å². The standard InChI is InChI=1S/C14H22F2N2OS/c1-9(2)17-7-11-14(10-3-4-10)18-13(20-11)5-6-19-8-12(15)16/h9-10,12,17H,3-8H2,1-2H3. The van der Waals surface area contributed by atoms with Gasteiger partial charge in [-0.1, -0.05) is 13.8 Å². The van der Waals surface area contributed by atoms with Crippen molar-refractivity contribution < 1.29 is 13.5 Å². The maximum absolute atomic E-state index is 12.0. The minimum Gasteiger partial charge on any atom is -0.375 e. The molecule has 1 saturated carbocycles. The molecular weight excluding hydrogens is 282 g/mol. The molecule has 0 amide bonds. The molecule has 0 unspecified atom stereocenters. The minimum atomic E-state index is -2.39. The second-order valence-electron chi connectivity index (χ2n) is 5.44. The Morgan fingerprint density at radius 3 is 2.75 bits per heavy atom. The van der Waals surface area contributed by atoms with Gasteiger partial charge in [0.15, 0.2) is 0 Å². The maximum atomic E-state index is 12.0. The zero-order valence-corrected chi connectivity index (χ0v) is 12.8. The molecule has 2 rings (SSSR count). The molecule has 0 spiro atoms. The third-order valence-electron chi connectivity index (χ3n) is 3.11. The second-order valence-corrected chi connectivity index (χ2v) is 6.61. The Labute approximate surface area is 122 Å². The Bertz CT molecular complexity index is 419. The molecule has 1 heterocycles. The molecule has 114 valence electrons. The predicted molar refractivity (Wildman–Crippen MR) is 76.6 cm³/mol. The fourth-order valence-electron chi connectivity index (χ4n) is 1.95. The molecule has 1 aromatic rings. The van der Waals surface area contributed by atoms with E-state index >= 15 is 0 Å². The van der Waals surface area contributed by atoms with Gasteiger partial charge in [-0.15, -0.1) is 11.3 Å². The number of nitrogens with one attached hydrogen (secondary N) is 1. The summed E-state index contributed by atoms with van der Waals surface area (Å²) >= 11 is 1.69. The van der Waals surface area contributed by atoms with E-state index in [0.717, 1.165) is 11.6 Å². The number of halogens is 2. The van der Waals surface area contributed by atoms with E-state index < -0.39 is 13.0 Å². The first-order chi connectivity index (χ1) is 9.56. The van der Waals surface area contributed by atoms with E-state index in [1.54, 1.807) is 11.3 Å². The first-order valence-corrected chi connectivity index (χ1v) is 7.95. The van der Waals surface area contributed by atoms with E-state index in [1.165, 1.54) is 23.4 Å². The zero-order valence-electron chi connectivity index (χ0n) is 12.0. The molecule has 3 nitrogen and oxygen atoms in total. The number of ether oxygens (including phenoxy) is 1. The average molecular weight is 304 g/mol. The van der Waals surface area contributed by atoms with Crippen LogP contribution in [0, 0.1) is 0 Å². The SMILES string of the molecule is CC(C)NCc1sc(CCOCC(F)F)nc1C1CC1. The summed E-state index contributed by atoms with van der Waals surface area (Å²) in [7, 11) is 0. The van der Waals surface area contributed by atoms with Crippen LogP contribution in [0.4, 0.5) is 8.78 Å². The van der Waals surface area contributed by atoms with Crippen molar-refractivity contribution in [1.29, 1.82) is 0 Å². The number of aromatic nitrogens is 1. The number of alkyl halides is 2. The third-order valence-corrected chi connectivity index (χ3v) is 4.24. The summed E-state index contributed by atoms with van der Waals surface area (Å²) in [5.74, 6) is 0.617. The number of nitrogens with zero attached hydrogens (tertiary/aromatic N) is 1. The lowest BCUT2D eigenvalue weighted by atomic mass is 10.2. The van der Waals surface area contributed by atoms with Gasteiger partial charge in [-0.05, 0) is 12.8 Å². The van der Waals surface area contributed by atoms with Gasteiger partial charge in [0.2, 0.25) is 0 Å². The van der Waals surface area contributed by atoms with Gasteiger partial charge in [0.1, 0.15) is 6.61 Å². The molecule has 0 bridgehead atoms. The third kappa shape index (κ3) is 5.07. The highest BCUT2D eigenvalue weighted by Crippen LogP contribution is 2.42. The molecule has 6 heteroatoms. The lowest BCUT2D eigenvalue weighted by Gasteiger charge is -2.07. The molecule has 0 aromatic carbocycles. The average Bonchev–Trinajstić information content (AvgIpc) is 3.14. The van der Waals surface area contributed by atoms with E-state index in [2.05, 4.69) is 24.1 Å². The fourth-order valence-corrected chi connectivity index (χ4v) is 3.04. The van der Waals surface area contributed by atoms with Crippen LogP contribution in [0.1, 0.15) is 48.2 Å². The molecular formula is C14H22F2N2OS. The van der Waals surface area contributed by atoms with Gasteiger partial charge in [0, 0.05) is 29.8 Å². The summed E-state index contributed by atoms with van der Waals surface area (Å²) in [6.07, 6.45) is 0.678. The quantitative estimate of drug-likeness (QED) is 0.711. The van der Waals surface area contributed by atoms with Gasteiger partial charge in [0.25, 0.3) is 6.43 Å². The molecule has 0 aliphatic heterocycles. The molecule has 0 radical (unpaired) electrons. The molecule has 0 saturated heterocycles. The summed E-state index contributed by atoms with van der Waals surface area (Å²) in [6.45, 7) is 4.93.